The number of hydrogen-bond donors (Lipinski definition) is 0. The number of ether oxygens (including phenoxy) is 1. The molecule has 0 amide bonds. The van der Waals surface area contributed by atoms with Crippen molar-refractivity contribution in [3.05, 3.63) is 70.3 Å². The molecular formula is C23H24ClNO3. The number of hydrogen-bond acceptors (Lipinski definition) is 4. The molecule has 1 heterocycles. The number of unbranched alkanes of at least 4 members (excludes halogenated alkanes) is 4. The predicted octanol–water partition coefficient (Wildman–Crippen LogP) is 6.03. The molecule has 2 aromatic carbocycles. The van der Waals surface area contributed by atoms with Gasteiger partial charge in [0, 0.05) is 10.6 Å². The summed E-state index contributed by atoms with van der Waals surface area (Å²) in [5.74, 6) is 0.371. The topological polar surface area (TPSA) is 47.9 Å². The number of carbonyl (C=O) groups is 1. The number of benzene rings is 2. The molecule has 28 heavy (non-hydrogen) atoms. The molecule has 1 aliphatic heterocycles. The molecule has 1 aliphatic rings. The average molecular weight is 398 g/mol. The fourth-order valence-electron chi connectivity index (χ4n) is 2.95. The van der Waals surface area contributed by atoms with Crippen molar-refractivity contribution in [3.63, 3.8) is 0 Å². The molecule has 0 bridgehead atoms. The minimum Gasteiger partial charge on any atom is -0.494 e. The van der Waals surface area contributed by atoms with Crippen LogP contribution in [0.15, 0.2) is 59.3 Å². The quantitative estimate of drug-likeness (QED) is 0.294. The monoisotopic (exact) mass is 397 g/mol. The van der Waals surface area contributed by atoms with Gasteiger partial charge in [-0.1, -0.05) is 73.6 Å². The molecule has 0 saturated heterocycles. The third-order valence-electron chi connectivity index (χ3n) is 4.52. The highest BCUT2D eigenvalue weighted by Gasteiger charge is 2.26. The van der Waals surface area contributed by atoms with Crippen LogP contribution in [-0.4, -0.2) is 18.3 Å². The second kappa shape index (κ2) is 10.1. The SMILES string of the molecule is CCCCCCCOc1ccc(/C=C2\C(=O)ON=C2c2ccc(Cl)cc2)cc1. The van der Waals surface area contributed by atoms with Crippen molar-refractivity contribution in [1.29, 1.82) is 0 Å². The lowest BCUT2D eigenvalue weighted by Crippen LogP contribution is -2.06. The Kier molecular flexibility index (Phi) is 7.26. The van der Waals surface area contributed by atoms with Crippen molar-refractivity contribution in [2.45, 2.75) is 39.0 Å². The smallest absolute Gasteiger partial charge is 0.368 e. The van der Waals surface area contributed by atoms with Gasteiger partial charge in [-0.15, -0.1) is 0 Å². The number of carbonyl (C=O) groups excluding carboxylic acids is 1. The number of nitrogens with zero attached hydrogens (tertiary/aromatic N) is 1. The van der Waals surface area contributed by atoms with Crippen LogP contribution in [0.5, 0.6) is 5.75 Å². The van der Waals surface area contributed by atoms with Gasteiger partial charge in [0.2, 0.25) is 0 Å². The largest absolute Gasteiger partial charge is 0.494 e. The first-order valence-electron chi connectivity index (χ1n) is 9.67. The molecule has 0 aromatic heterocycles. The molecule has 0 N–H and O–H groups in total. The molecule has 2 aromatic rings. The van der Waals surface area contributed by atoms with E-state index in [1.165, 1.54) is 25.7 Å². The Hall–Kier alpha value is -2.59. The Morgan fingerprint density at radius 2 is 1.71 bits per heavy atom. The molecule has 0 unspecified atom stereocenters. The third-order valence-corrected chi connectivity index (χ3v) is 4.77. The summed E-state index contributed by atoms with van der Waals surface area (Å²) in [6, 6.07) is 14.8. The molecule has 5 heteroatoms. The summed E-state index contributed by atoms with van der Waals surface area (Å²) < 4.78 is 5.79. The Morgan fingerprint density at radius 3 is 2.43 bits per heavy atom. The van der Waals surface area contributed by atoms with Crippen LogP contribution in [-0.2, 0) is 9.63 Å². The molecule has 0 spiro atoms. The highest BCUT2D eigenvalue weighted by Crippen LogP contribution is 2.23. The maximum atomic E-state index is 12.1. The summed E-state index contributed by atoms with van der Waals surface area (Å²) in [6.07, 6.45) is 7.84. The van der Waals surface area contributed by atoms with Crippen LogP contribution in [0, 0.1) is 0 Å². The number of halogens is 1. The molecular weight excluding hydrogens is 374 g/mol. The van der Waals surface area contributed by atoms with Gasteiger partial charge in [-0.25, -0.2) is 4.79 Å². The highest BCUT2D eigenvalue weighted by atomic mass is 35.5. The predicted molar refractivity (Wildman–Crippen MR) is 113 cm³/mol. The van der Waals surface area contributed by atoms with Gasteiger partial charge in [0.05, 0.1) is 12.2 Å². The van der Waals surface area contributed by atoms with E-state index in [2.05, 4.69) is 12.1 Å². The third kappa shape index (κ3) is 5.46. The van der Waals surface area contributed by atoms with Gasteiger partial charge >= 0.3 is 5.97 Å². The number of rotatable bonds is 9. The van der Waals surface area contributed by atoms with Crippen LogP contribution in [0.25, 0.3) is 6.08 Å². The fourth-order valence-corrected chi connectivity index (χ4v) is 3.07. The lowest BCUT2D eigenvalue weighted by molar-refractivity contribution is -0.136. The van der Waals surface area contributed by atoms with E-state index in [4.69, 9.17) is 21.2 Å². The van der Waals surface area contributed by atoms with Crippen LogP contribution in [0.4, 0.5) is 0 Å². The lowest BCUT2D eigenvalue weighted by atomic mass is 10.0. The van der Waals surface area contributed by atoms with Crippen molar-refractivity contribution >= 4 is 29.4 Å². The van der Waals surface area contributed by atoms with Crippen LogP contribution in [0.2, 0.25) is 5.02 Å². The maximum absolute atomic E-state index is 12.1. The van der Waals surface area contributed by atoms with E-state index in [0.717, 1.165) is 29.9 Å². The molecule has 146 valence electrons. The van der Waals surface area contributed by atoms with Gasteiger partial charge in [0.15, 0.2) is 0 Å². The standard InChI is InChI=1S/C23H24ClNO3/c1-2-3-4-5-6-15-27-20-13-7-17(8-14-20)16-21-22(25-28-23(21)26)18-9-11-19(24)12-10-18/h7-14,16H,2-6,15H2,1H3/b21-16-. The second-order valence-corrected chi connectivity index (χ2v) is 7.15. The van der Waals surface area contributed by atoms with E-state index in [-0.39, 0.29) is 0 Å². The van der Waals surface area contributed by atoms with Gasteiger partial charge < -0.3 is 9.57 Å². The van der Waals surface area contributed by atoms with Crippen LogP contribution < -0.4 is 4.74 Å². The van der Waals surface area contributed by atoms with Gasteiger partial charge in [0.25, 0.3) is 0 Å². The van der Waals surface area contributed by atoms with E-state index >= 15 is 0 Å². The molecule has 0 fully saturated rings. The van der Waals surface area contributed by atoms with E-state index in [0.29, 0.717) is 16.3 Å². The summed E-state index contributed by atoms with van der Waals surface area (Å²) in [6.45, 7) is 2.94. The maximum Gasteiger partial charge on any atom is 0.368 e. The molecule has 3 rings (SSSR count). The zero-order chi connectivity index (χ0) is 19.8. The molecule has 4 nitrogen and oxygen atoms in total. The van der Waals surface area contributed by atoms with Crippen LogP contribution in [0.3, 0.4) is 0 Å². The fraction of sp³-hybridized carbons (Fsp3) is 0.304. The zero-order valence-electron chi connectivity index (χ0n) is 16.0. The Bertz CT molecular complexity index is 854. The zero-order valence-corrected chi connectivity index (χ0v) is 16.7. The summed E-state index contributed by atoms with van der Waals surface area (Å²) >= 11 is 5.93. The minimum absolute atomic E-state index is 0.423. The number of oxime groups is 1. The Balaban J connectivity index is 1.63. The van der Waals surface area contributed by atoms with Gasteiger partial charge in [-0.3, -0.25) is 0 Å². The van der Waals surface area contributed by atoms with Crippen LogP contribution in [0.1, 0.15) is 50.2 Å². The second-order valence-electron chi connectivity index (χ2n) is 6.72. The first-order valence-corrected chi connectivity index (χ1v) is 10.1. The van der Waals surface area contributed by atoms with Gasteiger partial charge in [0.1, 0.15) is 11.5 Å². The highest BCUT2D eigenvalue weighted by molar-refractivity contribution is 6.32. The molecule has 0 atom stereocenters. The lowest BCUT2D eigenvalue weighted by Gasteiger charge is -2.06. The van der Waals surface area contributed by atoms with Crippen molar-refractivity contribution < 1.29 is 14.4 Å². The summed E-state index contributed by atoms with van der Waals surface area (Å²) in [5.41, 5.74) is 2.59. The summed E-state index contributed by atoms with van der Waals surface area (Å²) in [5, 5.41) is 4.54. The molecule has 0 aliphatic carbocycles. The normalized spacial score (nSPS) is 14.9. The Morgan fingerprint density at radius 1 is 1.00 bits per heavy atom. The van der Waals surface area contributed by atoms with E-state index in [1.54, 1.807) is 18.2 Å². The summed E-state index contributed by atoms with van der Waals surface area (Å²) in [4.78, 5) is 17.0. The van der Waals surface area contributed by atoms with Crippen molar-refractivity contribution in [2.75, 3.05) is 6.61 Å². The van der Waals surface area contributed by atoms with Crippen LogP contribution >= 0.6 is 11.6 Å². The molecule has 0 saturated carbocycles. The molecule has 0 radical (unpaired) electrons. The average Bonchev–Trinajstić information content (AvgIpc) is 3.07. The van der Waals surface area contributed by atoms with E-state index < -0.39 is 5.97 Å². The Labute approximate surface area is 170 Å². The van der Waals surface area contributed by atoms with Crippen molar-refractivity contribution in [1.82, 2.24) is 0 Å². The van der Waals surface area contributed by atoms with Gasteiger partial charge in [-0.2, -0.15) is 0 Å². The first-order chi connectivity index (χ1) is 13.7. The van der Waals surface area contributed by atoms with Gasteiger partial charge in [-0.05, 0) is 42.3 Å². The van der Waals surface area contributed by atoms with E-state index in [9.17, 15) is 4.79 Å². The first kappa shape index (κ1) is 20.2. The summed E-state index contributed by atoms with van der Waals surface area (Å²) in [7, 11) is 0. The van der Waals surface area contributed by atoms with E-state index in [1.807, 2.05) is 36.4 Å². The van der Waals surface area contributed by atoms with Crippen molar-refractivity contribution in [3.8, 4) is 5.75 Å². The van der Waals surface area contributed by atoms with Crippen molar-refractivity contribution in [2.24, 2.45) is 5.16 Å². The minimum atomic E-state index is -0.461.